The van der Waals surface area contributed by atoms with Crippen LogP contribution in [0.5, 0.6) is 5.75 Å². The van der Waals surface area contributed by atoms with Crippen molar-refractivity contribution in [2.75, 3.05) is 0 Å². The lowest BCUT2D eigenvalue weighted by atomic mass is 10.0. The molecule has 4 rings (SSSR count). The zero-order valence-corrected chi connectivity index (χ0v) is 18.7. The molecule has 0 aliphatic carbocycles. The first kappa shape index (κ1) is 20.6. The van der Waals surface area contributed by atoms with Gasteiger partial charge in [0.05, 0.1) is 11.4 Å². The van der Waals surface area contributed by atoms with E-state index in [-0.39, 0.29) is 5.69 Å². The smallest absolute Gasteiger partial charge is 0.368 e. The number of hydrogen-bond acceptors (Lipinski definition) is 5. The van der Waals surface area contributed by atoms with Crippen molar-refractivity contribution >= 4 is 0 Å². The largest absolute Gasteiger partial charge is 0.489 e. The van der Waals surface area contributed by atoms with Crippen molar-refractivity contribution in [3.63, 3.8) is 0 Å². The Hall–Kier alpha value is -3.68. The zero-order chi connectivity index (χ0) is 22.3. The minimum Gasteiger partial charge on any atom is -0.489 e. The lowest BCUT2D eigenvalue weighted by Crippen LogP contribution is -2.23. The second-order valence-corrected chi connectivity index (χ2v) is 7.82. The van der Waals surface area contributed by atoms with E-state index in [1.807, 2.05) is 55.9 Å². The number of aryl methyl sites for hydroxylation is 4. The van der Waals surface area contributed by atoms with E-state index in [0.717, 1.165) is 39.4 Å². The Morgan fingerprint density at radius 3 is 2.32 bits per heavy atom. The second kappa shape index (κ2) is 7.86. The maximum Gasteiger partial charge on any atom is 0.368 e. The minimum atomic E-state index is -0.298. The molecular formula is C23H26N6O2. The summed E-state index contributed by atoms with van der Waals surface area (Å²) in [7, 11) is 3.53. The number of tetrazole rings is 1. The van der Waals surface area contributed by atoms with E-state index in [2.05, 4.69) is 35.4 Å². The van der Waals surface area contributed by atoms with Crippen LogP contribution in [0.1, 0.15) is 27.9 Å². The van der Waals surface area contributed by atoms with Crippen molar-refractivity contribution in [1.29, 1.82) is 0 Å². The van der Waals surface area contributed by atoms with Gasteiger partial charge in [0, 0.05) is 30.9 Å². The second-order valence-electron chi connectivity index (χ2n) is 7.82. The highest BCUT2D eigenvalue weighted by Gasteiger charge is 2.15. The third-order valence-corrected chi connectivity index (χ3v) is 5.79. The number of rotatable bonds is 5. The first-order valence-corrected chi connectivity index (χ1v) is 10.1. The standard InChI is InChI=1S/C23H26N6O2/c1-14-8-7-9-20(29-23(30)28(6)25-26-29)19(14)13-31-21-11-10-18(12-15(21)2)22-16(3)17(4)27(5)24-22/h7-12H,13H2,1-6H3. The number of hydrogen-bond donors (Lipinski definition) is 0. The maximum absolute atomic E-state index is 12.3. The molecule has 0 saturated carbocycles. The van der Waals surface area contributed by atoms with Gasteiger partial charge in [-0.2, -0.15) is 14.5 Å². The van der Waals surface area contributed by atoms with Gasteiger partial charge in [0.2, 0.25) is 0 Å². The van der Waals surface area contributed by atoms with Crippen molar-refractivity contribution < 1.29 is 4.74 Å². The van der Waals surface area contributed by atoms with Gasteiger partial charge in [0.1, 0.15) is 12.4 Å². The molecular weight excluding hydrogens is 392 g/mol. The van der Waals surface area contributed by atoms with Crippen molar-refractivity contribution in [2.24, 2.45) is 14.1 Å². The molecule has 0 bridgehead atoms. The summed E-state index contributed by atoms with van der Waals surface area (Å²) in [5.41, 5.74) is 7.68. The highest BCUT2D eigenvalue weighted by atomic mass is 16.5. The predicted octanol–water partition coefficient (Wildman–Crippen LogP) is 3.18. The van der Waals surface area contributed by atoms with E-state index >= 15 is 0 Å². The molecule has 2 aromatic heterocycles. The normalized spacial score (nSPS) is 11.2. The predicted molar refractivity (Wildman–Crippen MR) is 119 cm³/mol. The monoisotopic (exact) mass is 418 g/mol. The van der Waals surface area contributed by atoms with Gasteiger partial charge in [0.25, 0.3) is 0 Å². The van der Waals surface area contributed by atoms with E-state index < -0.39 is 0 Å². The molecule has 0 unspecified atom stereocenters. The van der Waals surface area contributed by atoms with Crippen molar-refractivity contribution in [1.82, 2.24) is 29.6 Å². The molecule has 31 heavy (non-hydrogen) atoms. The molecule has 0 spiro atoms. The Balaban J connectivity index is 1.63. The summed E-state index contributed by atoms with van der Waals surface area (Å²) in [4.78, 5) is 12.3. The summed E-state index contributed by atoms with van der Waals surface area (Å²) in [6.45, 7) is 8.48. The van der Waals surface area contributed by atoms with Crippen molar-refractivity contribution in [3.05, 3.63) is 74.8 Å². The van der Waals surface area contributed by atoms with E-state index in [0.29, 0.717) is 12.3 Å². The molecule has 8 nitrogen and oxygen atoms in total. The van der Waals surface area contributed by atoms with E-state index in [9.17, 15) is 4.79 Å². The average molecular weight is 419 g/mol. The van der Waals surface area contributed by atoms with Gasteiger partial charge in [-0.15, -0.1) is 0 Å². The molecule has 0 amide bonds. The maximum atomic E-state index is 12.3. The van der Waals surface area contributed by atoms with Gasteiger partial charge >= 0.3 is 5.69 Å². The van der Waals surface area contributed by atoms with E-state index in [1.165, 1.54) is 14.9 Å². The Labute approximate surface area is 180 Å². The fourth-order valence-electron chi connectivity index (χ4n) is 3.63. The van der Waals surface area contributed by atoms with Gasteiger partial charge in [-0.05, 0) is 79.1 Å². The Kier molecular flexibility index (Phi) is 5.22. The van der Waals surface area contributed by atoms with Crippen LogP contribution in [0.15, 0.2) is 41.2 Å². The molecule has 2 aromatic carbocycles. The van der Waals surface area contributed by atoms with Gasteiger partial charge in [-0.25, -0.2) is 4.79 Å². The van der Waals surface area contributed by atoms with Crippen LogP contribution >= 0.6 is 0 Å². The summed E-state index contributed by atoms with van der Waals surface area (Å²) in [5, 5.41) is 12.4. The third-order valence-electron chi connectivity index (χ3n) is 5.79. The molecule has 0 atom stereocenters. The summed E-state index contributed by atoms with van der Waals surface area (Å²) in [6, 6.07) is 11.8. The Morgan fingerprint density at radius 2 is 1.71 bits per heavy atom. The highest BCUT2D eigenvalue weighted by molar-refractivity contribution is 5.66. The summed E-state index contributed by atoms with van der Waals surface area (Å²) >= 11 is 0. The molecule has 8 heteroatoms. The van der Waals surface area contributed by atoms with Gasteiger partial charge in [0.15, 0.2) is 0 Å². The minimum absolute atomic E-state index is 0.298. The first-order chi connectivity index (χ1) is 14.8. The zero-order valence-electron chi connectivity index (χ0n) is 18.7. The SMILES string of the molecule is Cc1cc(-c2nn(C)c(C)c2C)ccc1OCc1c(C)cccc1-n1nnn(C)c1=O. The van der Waals surface area contributed by atoms with Gasteiger partial charge < -0.3 is 4.74 Å². The van der Waals surface area contributed by atoms with Crippen molar-refractivity contribution in [2.45, 2.75) is 34.3 Å². The number of nitrogens with zero attached hydrogens (tertiary/aromatic N) is 6. The molecule has 0 radical (unpaired) electrons. The lowest BCUT2D eigenvalue weighted by molar-refractivity contribution is 0.302. The number of aromatic nitrogens is 6. The molecule has 0 aliphatic heterocycles. The number of benzene rings is 2. The first-order valence-electron chi connectivity index (χ1n) is 10.1. The van der Waals surface area contributed by atoms with Crippen LogP contribution in [-0.4, -0.2) is 29.6 Å². The molecule has 160 valence electrons. The fraction of sp³-hybridized carbons (Fsp3) is 0.304. The van der Waals surface area contributed by atoms with Crippen LogP contribution in [-0.2, 0) is 20.7 Å². The quantitative estimate of drug-likeness (QED) is 0.497. The highest BCUT2D eigenvalue weighted by Crippen LogP contribution is 2.29. The van der Waals surface area contributed by atoms with Crippen LogP contribution in [0.4, 0.5) is 0 Å². The van der Waals surface area contributed by atoms with Gasteiger partial charge in [-0.1, -0.05) is 12.1 Å². The lowest BCUT2D eigenvalue weighted by Gasteiger charge is -2.14. The van der Waals surface area contributed by atoms with Crippen LogP contribution in [0.25, 0.3) is 16.9 Å². The summed E-state index contributed by atoms with van der Waals surface area (Å²) in [6.07, 6.45) is 0. The van der Waals surface area contributed by atoms with E-state index in [4.69, 9.17) is 4.74 Å². The molecule has 0 aliphatic rings. The van der Waals surface area contributed by atoms with Crippen LogP contribution in [0.2, 0.25) is 0 Å². The van der Waals surface area contributed by atoms with Crippen LogP contribution < -0.4 is 10.4 Å². The van der Waals surface area contributed by atoms with Crippen LogP contribution in [0, 0.1) is 27.7 Å². The van der Waals surface area contributed by atoms with Gasteiger partial charge in [-0.3, -0.25) is 4.68 Å². The molecule has 2 heterocycles. The van der Waals surface area contributed by atoms with Crippen molar-refractivity contribution in [3.8, 4) is 22.7 Å². The van der Waals surface area contributed by atoms with Crippen LogP contribution in [0.3, 0.4) is 0 Å². The summed E-state index contributed by atoms with van der Waals surface area (Å²) in [5.74, 6) is 0.787. The topological polar surface area (TPSA) is 79.8 Å². The third kappa shape index (κ3) is 3.65. The molecule has 4 aromatic rings. The summed E-state index contributed by atoms with van der Waals surface area (Å²) < 4.78 is 10.6. The number of ether oxygens (including phenoxy) is 1. The molecule has 0 N–H and O–H groups in total. The Morgan fingerprint density at radius 1 is 0.935 bits per heavy atom. The molecule has 0 fully saturated rings. The fourth-order valence-corrected chi connectivity index (χ4v) is 3.63. The Bertz CT molecular complexity index is 1330. The average Bonchev–Trinajstić information content (AvgIpc) is 3.21. The molecule has 0 saturated heterocycles. The van der Waals surface area contributed by atoms with E-state index in [1.54, 1.807) is 7.05 Å².